The van der Waals surface area contributed by atoms with E-state index in [9.17, 15) is 13.6 Å². The van der Waals surface area contributed by atoms with E-state index in [1.807, 2.05) is 0 Å². The zero-order chi connectivity index (χ0) is 14.9. The topological polar surface area (TPSA) is 55.1 Å². The van der Waals surface area contributed by atoms with E-state index >= 15 is 0 Å². The molecule has 104 valence electrons. The van der Waals surface area contributed by atoms with Gasteiger partial charge in [0.25, 0.3) is 5.91 Å². The number of nitrogens with one attached hydrogen (secondary N) is 1. The third kappa shape index (κ3) is 2.72. The van der Waals surface area contributed by atoms with Gasteiger partial charge in [-0.1, -0.05) is 17.7 Å². The first-order valence-corrected chi connectivity index (χ1v) is 6.09. The van der Waals surface area contributed by atoms with Crippen LogP contribution in [0.15, 0.2) is 30.3 Å². The minimum atomic E-state index is -0.844. The summed E-state index contributed by atoms with van der Waals surface area (Å²) in [5, 5.41) is 2.39. The molecule has 0 spiro atoms. The van der Waals surface area contributed by atoms with Crippen LogP contribution in [0, 0.1) is 18.6 Å². The van der Waals surface area contributed by atoms with Gasteiger partial charge in [-0.3, -0.25) is 4.79 Å². The van der Waals surface area contributed by atoms with Crippen LogP contribution in [0.3, 0.4) is 0 Å². The van der Waals surface area contributed by atoms with Crippen molar-refractivity contribution < 1.29 is 13.6 Å². The highest BCUT2D eigenvalue weighted by Gasteiger charge is 2.15. The second-order valence-corrected chi connectivity index (χ2v) is 4.65. The summed E-state index contributed by atoms with van der Waals surface area (Å²) in [7, 11) is 0. The second-order valence-electron chi connectivity index (χ2n) is 4.24. The van der Waals surface area contributed by atoms with Gasteiger partial charge in [0.2, 0.25) is 0 Å². The molecule has 0 aliphatic heterocycles. The predicted octanol–water partition coefficient (Wildman–Crippen LogP) is 3.76. The average molecular weight is 297 g/mol. The van der Waals surface area contributed by atoms with Crippen LogP contribution in [-0.4, -0.2) is 5.91 Å². The highest BCUT2D eigenvalue weighted by Crippen LogP contribution is 2.24. The molecule has 0 aromatic heterocycles. The Balaban J connectivity index is 2.32. The van der Waals surface area contributed by atoms with Crippen LogP contribution in [-0.2, 0) is 0 Å². The molecule has 0 aliphatic carbocycles. The molecule has 0 saturated carbocycles. The molecule has 2 aromatic rings. The van der Waals surface area contributed by atoms with Crippen molar-refractivity contribution in [2.24, 2.45) is 0 Å². The van der Waals surface area contributed by atoms with Gasteiger partial charge in [0, 0.05) is 5.56 Å². The van der Waals surface area contributed by atoms with Gasteiger partial charge in [-0.2, -0.15) is 0 Å². The van der Waals surface area contributed by atoms with Crippen molar-refractivity contribution in [2.75, 3.05) is 11.1 Å². The van der Waals surface area contributed by atoms with Crippen LogP contribution in [0.2, 0.25) is 5.02 Å². The summed E-state index contributed by atoms with van der Waals surface area (Å²) in [5.41, 5.74) is 5.75. The maximum Gasteiger partial charge on any atom is 0.255 e. The molecule has 6 heteroatoms. The van der Waals surface area contributed by atoms with Gasteiger partial charge in [-0.05, 0) is 36.8 Å². The molecule has 20 heavy (non-hydrogen) atoms. The molecule has 0 fully saturated rings. The lowest BCUT2D eigenvalue weighted by molar-refractivity contribution is 0.102. The number of benzene rings is 2. The molecule has 2 aromatic carbocycles. The summed E-state index contributed by atoms with van der Waals surface area (Å²) >= 11 is 5.80. The summed E-state index contributed by atoms with van der Waals surface area (Å²) in [5.74, 6) is -2.32. The molecule has 0 atom stereocenters. The van der Waals surface area contributed by atoms with Crippen molar-refractivity contribution in [3.05, 3.63) is 58.1 Å². The molecule has 0 bridgehead atoms. The van der Waals surface area contributed by atoms with Gasteiger partial charge in [0.1, 0.15) is 11.5 Å². The largest absolute Gasteiger partial charge is 0.398 e. The van der Waals surface area contributed by atoms with Crippen LogP contribution in [0.5, 0.6) is 0 Å². The number of carbonyl (C=O) groups is 1. The second kappa shape index (κ2) is 5.46. The maximum absolute atomic E-state index is 13.8. The zero-order valence-electron chi connectivity index (χ0n) is 10.5. The number of aryl methyl sites for hydroxylation is 1. The highest BCUT2D eigenvalue weighted by molar-refractivity contribution is 6.33. The number of rotatable bonds is 2. The van der Waals surface area contributed by atoms with E-state index in [-0.39, 0.29) is 16.1 Å². The van der Waals surface area contributed by atoms with E-state index < -0.39 is 23.2 Å². The van der Waals surface area contributed by atoms with E-state index in [0.717, 1.165) is 6.07 Å². The Hall–Kier alpha value is -2.14. The Labute approximate surface area is 119 Å². The average Bonchev–Trinajstić information content (AvgIpc) is 2.42. The lowest BCUT2D eigenvalue weighted by Gasteiger charge is -2.10. The van der Waals surface area contributed by atoms with Crippen LogP contribution in [0.1, 0.15) is 15.9 Å². The number of nitrogens with two attached hydrogens (primary N) is 1. The molecule has 3 nitrogen and oxygen atoms in total. The third-order valence-electron chi connectivity index (χ3n) is 2.79. The normalized spacial score (nSPS) is 10.4. The fourth-order valence-corrected chi connectivity index (χ4v) is 1.81. The minimum absolute atomic E-state index is 0.157. The fourth-order valence-electron chi connectivity index (χ4n) is 1.63. The van der Waals surface area contributed by atoms with E-state index in [4.69, 9.17) is 17.3 Å². The van der Waals surface area contributed by atoms with Crippen LogP contribution in [0.25, 0.3) is 0 Å². The van der Waals surface area contributed by atoms with Crippen molar-refractivity contribution in [1.29, 1.82) is 0 Å². The van der Waals surface area contributed by atoms with E-state index in [1.54, 1.807) is 0 Å². The maximum atomic E-state index is 13.8. The van der Waals surface area contributed by atoms with Crippen LogP contribution < -0.4 is 11.1 Å². The van der Waals surface area contributed by atoms with Crippen molar-refractivity contribution in [3.8, 4) is 0 Å². The van der Waals surface area contributed by atoms with Gasteiger partial charge in [-0.15, -0.1) is 0 Å². The summed E-state index contributed by atoms with van der Waals surface area (Å²) in [6.45, 7) is 1.48. The summed E-state index contributed by atoms with van der Waals surface area (Å²) in [6, 6.07) is 6.57. The summed E-state index contributed by atoms with van der Waals surface area (Å²) in [6.07, 6.45) is 0. The Morgan fingerprint density at radius 1 is 1.25 bits per heavy atom. The lowest BCUT2D eigenvalue weighted by atomic mass is 10.1. The van der Waals surface area contributed by atoms with Crippen molar-refractivity contribution >= 4 is 28.9 Å². The quantitative estimate of drug-likeness (QED) is 0.829. The third-order valence-corrected chi connectivity index (χ3v) is 3.11. The number of carbonyl (C=O) groups excluding carboxylic acids is 1. The molecule has 1 amide bonds. The monoisotopic (exact) mass is 296 g/mol. The number of anilines is 2. The van der Waals surface area contributed by atoms with E-state index in [2.05, 4.69) is 5.32 Å². The molecule has 0 radical (unpaired) electrons. The minimum Gasteiger partial charge on any atom is -0.398 e. The number of hydrogen-bond donors (Lipinski definition) is 2. The van der Waals surface area contributed by atoms with Crippen molar-refractivity contribution in [2.45, 2.75) is 6.92 Å². The van der Waals surface area contributed by atoms with Gasteiger partial charge >= 0.3 is 0 Å². The molecular weight excluding hydrogens is 286 g/mol. The number of amides is 1. The molecule has 0 saturated heterocycles. The number of halogens is 3. The molecule has 3 N–H and O–H groups in total. The van der Waals surface area contributed by atoms with Gasteiger partial charge < -0.3 is 11.1 Å². The highest BCUT2D eigenvalue weighted by atomic mass is 35.5. The SMILES string of the molecule is Cc1ccc(F)c(NC(=O)c2ccc(N)c(Cl)c2)c1F. The molecule has 2 rings (SSSR count). The van der Waals surface area contributed by atoms with Crippen LogP contribution >= 0.6 is 11.6 Å². The molecule has 0 heterocycles. The molecule has 0 aliphatic rings. The standard InChI is InChI=1S/C14H11ClF2N2O/c1-7-2-4-10(16)13(12(7)17)19-14(20)8-3-5-11(18)9(15)6-8/h2-6H,18H2,1H3,(H,19,20). The Morgan fingerprint density at radius 2 is 1.95 bits per heavy atom. The Kier molecular flexibility index (Phi) is 3.90. The zero-order valence-corrected chi connectivity index (χ0v) is 11.3. The first-order chi connectivity index (χ1) is 9.40. The van der Waals surface area contributed by atoms with E-state index in [1.165, 1.54) is 31.2 Å². The first kappa shape index (κ1) is 14.3. The molecule has 0 unspecified atom stereocenters. The van der Waals surface area contributed by atoms with Crippen LogP contribution in [0.4, 0.5) is 20.2 Å². The van der Waals surface area contributed by atoms with Crippen molar-refractivity contribution in [3.63, 3.8) is 0 Å². The van der Waals surface area contributed by atoms with Crippen molar-refractivity contribution in [1.82, 2.24) is 0 Å². The predicted molar refractivity (Wildman–Crippen MR) is 74.9 cm³/mol. The number of hydrogen-bond acceptors (Lipinski definition) is 2. The summed E-state index contributed by atoms with van der Waals surface area (Å²) in [4.78, 5) is 11.9. The Bertz CT molecular complexity index is 689. The summed E-state index contributed by atoms with van der Waals surface area (Å²) < 4.78 is 27.3. The van der Waals surface area contributed by atoms with Gasteiger partial charge in [0.15, 0.2) is 5.82 Å². The van der Waals surface area contributed by atoms with Gasteiger partial charge in [0.05, 0.1) is 10.7 Å². The Morgan fingerprint density at radius 3 is 2.60 bits per heavy atom. The first-order valence-electron chi connectivity index (χ1n) is 5.71. The van der Waals surface area contributed by atoms with E-state index in [0.29, 0.717) is 5.69 Å². The molecular formula is C14H11ClF2N2O. The fraction of sp³-hybridized carbons (Fsp3) is 0.0714. The lowest BCUT2D eigenvalue weighted by Crippen LogP contribution is -2.15. The smallest absolute Gasteiger partial charge is 0.255 e. The van der Waals surface area contributed by atoms with Gasteiger partial charge in [-0.25, -0.2) is 8.78 Å². The number of nitrogen functional groups attached to an aromatic ring is 1.